The summed E-state index contributed by atoms with van der Waals surface area (Å²) in [6.07, 6.45) is -3.73. The quantitative estimate of drug-likeness (QED) is 0.891. The van der Waals surface area contributed by atoms with Crippen LogP contribution in [0.25, 0.3) is 0 Å². The summed E-state index contributed by atoms with van der Waals surface area (Å²) in [5.74, 6) is 0.315. The van der Waals surface area contributed by atoms with E-state index in [1.807, 2.05) is 0 Å². The van der Waals surface area contributed by atoms with E-state index in [9.17, 15) is 18.3 Å². The third-order valence-electron chi connectivity index (χ3n) is 2.10. The predicted octanol–water partition coefficient (Wildman–Crippen LogP) is 3.60. The molecule has 0 amide bonds. The molecule has 1 heterocycles. The molecule has 2 rings (SSSR count). The van der Waals surface area contributed by atoms with E-state index in [0.29, 0.717) is 11.9 Å². The van der Waals surface area contributed by atoms with Gasteiger partial charge in [-0.3, -0.25) is 0 Å². The summed E-state index contributed by atoms with van der Waals surface area (Å²) in [7, 11) is 0. The number of nitrogens with zero attached hydrogens (tertiary/aromatic N) is 1. The average Bonchev–Trinajstić information content (AvgIpc) is 2.28. The van der Waals surface area contributed by atoms with Crippen molar-refractivity contribution in [3.63, 3.8) is 0 Å². The first-order chi connectivity index (χ1) is 8.45. The Morgan fingerprint density at radius 2 is 1.89 bits per heavy atom. The molecule has 0 spiro atoms. The van der Waals surface area contributed by atoms with Gasteiger partial charge in [0.25, 0.3) is 0 Å². The van der Waals surface area contributed by atoms with Crippen LogP contribution in [0.3, 0.4) is 0 Å². The van der Waals surface area contributed by atoms with Gasteiger partial charge in [0.1, 0.15) is 11.5 Å². The Morgan fingerprint density at radius 3 is 2.44 bits per heavy atom. The Balaban J connectivity index is 2.16. The predicted molar refractivity (Wildman–Crippen MR) is 57.4 cm³/mol. The minimum absolute atomic E-state index is 0.000545. The fourth-order valence-electron chi connectivity index (χ4n) is 1.28. The van der Waals surface area contributed by atoms with E-state index in [-0.39, 0.29) is 11.6 Å². The zero-order chi connectivity index (χ0) is 13.2. The molecule has 0 saturated carbocycles. The Bertz CT molecular complexity index is 538. The van der Waals surface area contributed by atoms with Crippen LogP contribution in [-0.4, -0.2) is 10.1 Å². The highest BCUT2D eigenvalue weighted by molar-refractivity contribution is 5.34. The fourth-order valence-corrected chi connectivity index (χ4v) is 1.28. The van der Waals surface area contributed by atoms with Gasteiger partial charge >= 0.3 is 6.18 Å². The number of pyridine rings is 1. The number of benzene rings is 1. The molecule has 0 unspecified atom stereocenters. The first-order valence-electron chi connectivity index (χ1n) is 4.95. The van der Waals surface area contributed by atoms with Gasteiger partial charge in [-0.05, 0) is 18.2 Å². The second kappa shape index (κ2) is 4.56. The van der Waals surface area contributed by atoms with Crippen LogP contribution in [0.5, 0.6) is 17.4 Å². The standard InChI is InChI=1S/C12H8F3NO2/c13-12(14,15)8-4-5-11(16-7-8)18-10-3-1-2-9(17)6-10/h1-7,17H. The van der Waals surface area contributed by atoms with Crippen molar-refractivity contribution in [3.8, 4) is 17.4 Å². The maximum Gasteiger partial charge on any atom is 0.417 e. The van der Waals surface area contributed by atoms with Crippen molar-refractivity contribution >= 4 is 0 Å². The summed E-state index contributed by atoms with van der Waals surface area (Å²) in [4.78, 5) is 3.55. The Hall–Kier alpha value is -2.24. The highest BCUT2D eigenvalue weighted by Crippen LogP contribution is 2.30. The lowest BCUT2D eigenvalue weighted by atomic mass is 10.3. The lowest BCUT2D eigenvalue weighted by Crippen LogP contribution is -2.05. The lowest BCUT2D eigenvalue weighted by Gasteiger charge is -2.08. The van der Waals surface area contributed by atoms with Crippen molar-refractivity contribution in [2.45, 2.75) is 6.18 Å². The summed E-state index contributed by atoms with van der Waals surface area (Å²) in [6.45, 7) is 0. The summed E-state index contributed by atoms with van der Waals surface area (Å²) >= 11 is 0. The van der Waals surface area contributed by atoms with Gasteiger partial charge in [-0.25, -0.2) is 4.98 Å². The largest absolute Gasteiger partial charge is 0.508 e. The van der Waals surface area contributed by atoms with Crippen molar-refractivity contribution < 1.29 is 23.0 Å². The number of hydrogen-bond acceptors (Lipinski definition) is 3. The molecule has 94 valence electrons. The molecule has 0 saturated heterocycles. The number of hydrogen-bond donors (Lipinski definition) is 1. The van der Waals surface area contributed by atoms with Gasteiger partial charge in [0, 0.05) is 18.3 Å². The van der Waals surface area contributed by atoms with Crippen LogP contribution in [0, 0.1) is 0 Å². The van der Waals surface area contributed by atoms with E-state index in [2.05, 4.69) is 4.98 Å². The van der Waals surface area contributed by atoms with Crippen molar-refractivity contribution in [2.24, 2.45) is 0 Å². The molecule has 6 heteroatoms. The summed E-state index contributed by atoms with van der Waals surface area (Å²) in [6, 6.07) is 7.89. The van der Waals surface area contributed by atoms with Crippen molar-refractivity contribution in [2.75, 3.05) is 0 Å². The summed E-state index contributed by atoms with van der Waals surface area (Å²) in [5.41, 5.74) is -0.842. The zero-order valence-electron chi connectivity index (χ0n) is 8.98. The molecule has 0 radical (unpaired) electrons. The third kappa shape index (κ3) is 2.91. The van der Waals surface area contributed by atoms with Gasteiger partial charge in [-0.1, -0.05) is 6.07 Å². The van der Waals surface area contributed by atoms with Gasteiger partial charge < -0.3 is 9.84 Å². The first-order valence-corrected chi connectivity index (χ1v) is 4.95. The number of rotatable bonds is 2. The second-order valence-electron chi connectivity index (χ2n) is 3.48. The molecule has 3 nitrogen and oxygen atoms in total. The van der Waals surface area contributed by atoms with Crippen molar-refractivity contribution in [3.05, 3.63) is 48.2 Å². The fraction of sp³-hybridized carbons (Fsp3) is 0.0833. The molecular weight excluding hydrogens is 247 g/mol. The molecular formula is C12H8F3NO2. The van der Waals surface area contributed by atoms with Gasteiger partial charge in [0.05, 0.1) is 5.56 Å². The smallest absolute Gasteiger partial charge is 0.417 e. The molecule has 0 bridgehead atoms. The van der Waals surface area contributed by atoms with Crippen LogP contribution in [0.1, 0.15) is 5.56 Å². The molecule has 0 fully saturated rings. The molecule has 2 aromatic rings. The van der Waals surface area contributed by atoms with Crippen molar-refractivity contribution in [1.82, 2.24) is 4.98 Å². The third-order valence-corrected chi connectivity index (χ3v) is 2.10. The van der Waals surface area contributed by atoms with Crippen LogP contribution in [0.4, 0.5) is 13.2 Å². The lowest BCUT2D eigenvalue weighted by molar-refractivity contribution is -0.137. The zero-order valence-corrected chi connectivity index (χ0v) is 8.98. The van der Waals surface area contributed by atoms with Gasteiger partial charge in [-0.15, -0.1) is 0 Å². The van der Waals surface area contributed by atoms with Crippen LogP contribution >= 0.6 is 0 Å². The first kappa shape index (κ1) is 12.2. The van der Waals surface area contributed by atoms with E-state index in [0.717, 1.165) is 12.1 Å². The van der Waals surface area contributed by atoms with Crippen LogP contribution < -0.4 is 4.74 Å². The number of ether oxygens (including phenoxy) is 1. The number of alkyl halides is 3. The van der Waals surface area contributed by atoms with Gasteiger partial charge in [-0.2, -0.15) is 13.2 Å². The van der Waals surface area contributed by atoms with Crippen LogP contribution in [0.15, 0.2) is 42.6 Å². The molecule has 1 N–H and O–H groups in total. The maximum atomic E-state index is 12.3. The van der Waals surface area contributed by atoms with Crippen LogP contribution in [0.2, 0.25) is 0 Å². The Labute approximate surface area is 100 Å². The topological polar surface area (TPSA) is 42.4 Å². The molecule has 1 aromatic carbocycles. The highest BCUT2D eigenvalue weighted by Gasteiger charge is 2.30. The number of aromatic nitrogens is 1. The number of aromatic hydroxyl groups is 1. The number of phenolic OH excluding ortho intramolecular Hbond substituents is 1. The normalized spacial score (nSPS) is 11.3. The number of phenols is 1. The van der Waals surface area contributed by atoms with Gasteiger partial charge in [0.15, 0.2) is 0 Å². The minimum Gasteiger partial charge on any atom is -0.508 e. The molecule has 0 aliphatic rings. The minimum atomic E-state index is -4.42. The average molecular weight is 255 g/mol. The van der Waals surface area contributed by atoms with Crippen LogP contribution in [-0.2, 0) is 6.18 Å². The highest BCUT2D eigenvalue weighted by atomic mass is 19.4. The monoisotopic (exact) mass is 255 g/mol. The van der Waals surface area contributed by atoms with E-state index >= 15 is 0 Å². The van der Waals surface area contributed by atoms with E-state index in [1.54, 1.807) is 12.1 Å². The maximum absolute atomic E-state index is 12.3. The SMILES string of the molecule is Oc1cccc(Oc2ccc(C(F)(F)F)cn2)c1. The molecule has 0 atom stereocenters. The van der Waals surface area contributed by atoms with E-state index in [1.165, 1.54) is 12.1 Å². The van der Waals surface area contributed by atoms with Crippen molar-refractivity contribution in [1.29, 1.82) is 0 Å². The Kier molecular flexibility index (Phi) is 3.10. The molecule has 0 aliphatic heterocycles. The summed E-state index contributed by atoms with van der Waals surface area (Å²) < 4.78 is 42.0. The van der Waals surface area contributed by atoms with E-state index < -0.39 is 11.7 Å². The molecule has 1 aromatic heterocycles. The van der Waals surface area contributed by atoms with E-state index in [4.69, 9.17) is 4.74 Å². The second-order valence-corrected chi connectivity index (χ2v) is 3.48. The number of halogens is 3. The Morgan fingerprint density at radius 1 is 1.11 bits per heavy atom. The molecule has 18 heavy (non-hydrogen) atoms. The van der Waals surface area contributed by atoms with Gasteiger partial charge in [0.2, 0.25) is 5.88 Å². The summed E-state index contributed by atoms with van der Waals surface area (Å²) in [5, 5.41) is 9.19. The molecule has 0 aliphatic carbocycles.